The van der Waals surface area contributed by atoms with Gasteiger partial charge in [0, 0.05) is 12.0 Å². The van der Waals surface area contributed by atoms with Gasteiger partial charge in [0.1, 0.15) is 12.2 Å². The SMILES string of the molecule is C=C(C)C(=O)OCCc1ncnc(N)n1. The van der Waals surface area contributed by atoms with Gasteiger partial charge in [-0.3, -0.25) is 0 Å². The molecule has 0 spiro atoms. The lowest BCUT2D eigenvalue weighted by atomic mass is 10.3. The third kappa shape index (κ3) is 3.72. The zero-order chi connectivity index (χ0) is 11.3. The quantitative estimate of drug-likeness (QED) is 0.558. The van der Waals surface area contributed by atoms with Crippen LogP contribution in [-0.2, 0) is 16.0 Å². The number of nitrogens with two attached hydrogens (primary N) is 1. The predicted octanol–water partition coefficient (Wildman–Crippen LogP) is 0.116. The Labute approximate surface area is 87.2 Å². The van der Waals surface area contributed by atoms with E-state index in [1.54, 1.807) is 6.92 Å². The molecule has 2 N–H and O–H groups in total. The summed E-state index contributed by atoms with van der Waals surface area (Å²) in [5.41, 5.74) is 5.72. The van der Waals surface area contributed by atoms with Gasteiger partial charge in [-0.15, -0.1) is 0 Å². The minimum atomic E-state index is -0.419. The van der Waals surface area contributed by atoms with Crippen molar-refractivity contribution in [3.63, 3.8) is 0 Å². The molecule has 15 heavy (non-hydrogen) atoms. The van der Waals surface area contributed by atoms with E-state index in [1.165, 1.54) is 6.33 Å². The van der Waals surface area contributed by atoms with E-state index < -0.39 is 5.97 Å². The summed E-state index contributed by atoms with van der Waals surface area (Å²) in [5, 5.41) is 0. The molecule has 1 rings (SSSR count). The van der Waals surface area contributed by atoms with Crippen LogP contribution < -0.4 is 5.73 Å². The van der Waals surface area contributed by atoms with Gasteiger partial charge in [-0.25, -0.2) is 14.8 Å². The molecule has 0 unspecified atom stereocenters. The number of rotatable bonds is 4. The van der Waals surface area contributed by atoms with Crippen LogP contribution in [0.25, 0.3) is 0 Å². The molecule has 6 nitrogen and oxygen atoms in total. The van der Waals surface area contributed by atoms with E-state index in [2.05, 4.69) is 21.5 Å². The fourth-order valence-electron chi connectivity index (χ4n) is 0.823. The minimum absolute atomic E-state index is 0.159. The molecule has 0 aliphatic carbocycles. The number of ether oxygens (including phenoxy) is 1. The number of hydrogen-bond acceptors (Lipinski definition) is 6. The molecule has 0 atom stereocenters. The van der Waals surface area contributed by atoms with Crippen LogP contribution in [0.1, 0.15) is 12.7 Å². The average Bonchev–Trinajstić information content (AvgIpc) is 2.17. The van der Waals surface area contributed by atoms with Crippen molar-refractivity contribution >= 4 is 11.9 Å². The zero-order valence-corrected chi connectivity index (χ0v) is 8.43. The summed E-state index contributed by atoms with van der Waals surface area (Å²) in [7, 11) is 0. The molecule has 1 heterocycles. The van der Waals surface area contributed by atoms with Gasteiger partial charge in [-0.2, -0.15) is 4.98 Å². The molecule has 80 valence electrons. The Morgan fingerprint density at radius 1 is 1.60 bits per heavy atom. The van der Waals surface area contributed by atoms with Crippen molar-refractivity contribution in [2.24, 2.45) is 0 Å². The highest BCUT2D eigenvalue weighted by Gasteiger charge is 2.04. The summed E-state index contributed by atoms with van der Waals surface area (Å²) in [6.45, 7) is 5.25. The van der Waals surface area contributed by atoms with Gasteiger partial charge < -0.3 is 10.5 Å². The molecule has 0 aliphatic rings. The molecule has 0 saturated carbocycles. The number of aromatic nitrogens is 3. The highest BCUT2D eigenvalue weighted by molar-refractivity contribution is 5.86. The van der Waals surface area contributed by atoms with Gasteiger partial charge in [-0.05, 0) is 6.92 Å². The Hall–Kier alpha value is -1.98. The fraction of sp³-hybridized carbons (Fsp3) is 0.333. The number of nitrogens with zero attached hydrogens (tertiary/aromatic N) is 3. The number of carbonyl (C=O) groups excluding carboxylic acids is 1. The first kappa shape index (κ1) is 11.1. The maximum absolute atomic E-state index is 11.0. The topological polar surface area (TPSA) is 91.0 Å². The molecular formula is C9H12N4O2. The number of nitrogen functional groups attached to an aromatic ring is 1. The smallest absolute Gasteiger partial charge is 0.333 e. The minimum Gasteiger partial charge on any atom is -0.462 e. The number of esters is 1. The van der Waals surface area contributed by atoms with Gasteiger partial charge in [0.2, 0.25) is 5.95 Å². The Balaban J connectivity index is 2.38. The van der Waals surface area contributed by atoms with E-state index >= 15 is 0 Å². The van der Waals surface area contributed by atoms with Crippen LogP contribution in [0.15, 0.2) is 18.5 Å². The first-order valence-electron chi connectivity index (χ1n) is 4.35. The molecule has 0 bridgehead atoms. The van der Waals surface area contributed by atoms with Crippen LogP contribution in [-0.4, -0.2) is 27.5 Å². The molecule has 1 aromatic rings. The van der Waals surface area contributed by atoms with Crippen molar-refractivity contribution in [1.29, 1.82) is 0 Å². The third-order valence-electron chi connectivity index (χ3n) is 1.55. The van der Waals surface area contributed by atoms with Gasteiger partial charge >= 0.3 is 5.97 Å². The first-order chi connectivity index (χ1) is 7.09. The van der Waals surface area contributed by atoms with Gasteiger partial charge in [0.25, 0.3) is 0 Å². The van der Waals surface area contributed by atoms with Crippen molar-refractivity contribution in [1.82, 2.24) is 15.0 Å². The molecule has 0 aromatic carbocycles. The van der Waals surface area contributed by atoms with Crippen LogP contribution >= 0.6 is 0 Å². The Kier molecular flexibility index (Phi) is 3.73. The molecule has 6 heteroatoms. The Morgan fingerprint density at radius 3 is 2.93 bits per heavy atom. The second kappa shape index (κ2) is 5.04. The largest absolute Gasteiger partial charge is 0.462 e. The maximum Gasteiger partial charge on any atom is 0.333 e. The van der Waals surface area contributed by atoms with Gasteiger partial charge in [-0.1, -0.05) is 6.58 Å². The molecule has 0 radical (unpaired) electrons. The van der Waals surface area contributed by atoms with E-state index in [-0.39, 0.29) is 12.6 Å². The van der Waals surface area contributed by atoms with E-state index in [1.807, 2.05) is 0 Å². The normalized spacial score (nSPS) is 9.67. The molecular weight excluding hydrogens is 196 g/mol. The summed E-state index contributed by atoms with van der Waals surface area (Å²) in [6, 6.07) is 0. The molecule has 1 aromatic heterocycles. The van der Waals surface area contributed by atoms with Gasteiger partial charge in [0.15, 0.2) is 0 Å². The number of hydrogen-bond donors (Lipinski definition) is 1. The van der Waals surface area contributed by atoms with Crippen molar-refractivity contribution in [3.8, 4) is 0 Å². The highest BCUT2D eigenvalue weighted by Crippen LogP contribution is 1.96. The van der Waals surface area contributed by atoms with Crippen LogP contribution in [0.4, 0.5) is 5.95 Å². The summed E-state index contributed by atoms with van der Waals surface area (Å²) >= 11 is 0. The van der Waals surface area contributed by atoms with E-state index in [0.29, 0.717) is 17.8 Å². The summed E-state index contributed by atoms with van der Waals surface area (Å²) < 4.78 is 4.87. The highest BCUT2D eigenvalue weighted by atomic mass is 16.5. The van der Waals surface area contributed by atoms with E-state index in [0.717, 1.165) is 0 Å². The fourth-order valence-corrected chi connectivity index (χ4v) is 0.823. The average molecular weight is 208 g/mol. The summed E-state index contributed by atoms with van der Waals surface area (Å²) in [6.07, 6.45) is 1.73. The number of carbonyl (C=O) groups is 1. The Morgan fingerprint density at radius 2 is 2.33 bits per heavy atom. The second-order valence-electron chi connectivity index (χ2n) is 2.93. The van der Waals surface area contributed by atoms with E-state index in [4.69, 9.17) is 10.5 Å². The Bertz CT molecular complexity index is 378. The molecule has 0 aliphatic heterocycles. The van der Waals surface area contributed by atoms with Crippen LogP contribution in [0.2, 0.25) is 0 Å². The lowest BCUT2D eigenvalue weighted by molar-refractivity contribution is -0.138. The van der Waals surface area contributed by atoms with Gasteiger partial charge in [0.05, 0.1) is 6.61 Å². The predicted molar refractivity (Wildman–Crippen MR) is 53.7 cm³/mol. The van der Waals surface area contributed by atoms with Crippen LogP contribution in [0.3, 0.4) is 0 Å². The first-order valence-corrected chi connectivity index (χ1v) is 4.35. The monoisotopic (exact) mass is 208 g/mol. The number of anilines is 1. The molecule has 0 saturated heterocycles. The summed E-state index contributed by atoms with van der Waals surface area (Å²) in [4.78, 5) is 22.4. The van der Waals surface area contributed by atoms with Crippen molar-refractivity contribution < 1.29 is 9.53 Å². The lowest BCUT2D eigenvalue weighted by Gasteiger charge is -2.03. The van der Waals surface area contributed by atoms with Crippen molar-refractivity contribution in [2.45, 2.75) is 13.3 Å². The standard InChI is InChI=1S/C9H12N4O2/c1-6(2)8(14)15-4-3-7-11-5-12-9(10)13-7/h5H,1,3-4H2,2H3,(H2,10,11,12,13). The maximum atomic E-state index is 11.0. The zero-order valence-electron chi connectivity index (χ0n) is 8.43. The third-order valence-corrected chi connectivity index (χ3v) is 1.55. The summed E-state index contributed by atoms with van der Waals surface area (Å²) in [5.74, 6) is 0.236. The van der Waals surface area contributed by atoms with Crippen LogP contribution in [0.5, 0.6) is 0 Å². The molecule has 0 fully saturated rings. The van der Waals surface area contributed by atoms with E-state index in [9.17, 15) is 4.79 Å². The van der Waals surface area contributed by atoms with Crippen molar-refractivity contribution in [2.75, 3.05) is 12.3 Å². The second-order valence-corrected chi connectivity index (χ2v) is 2.93. The van der Waals surface area contributed by atoms with Crippen molar-refractivity contribution in [3.05, 3.63) is 24.3 Å². The van der Waals surface area contributed by atoms with Crippen LogP contribution in [0, 0.1) is 0 Å². The molecule has 0 amide bonds. The lowest BCUT2D eigenvalue weighted by Crippen LogP contribution is -2.10.